The minimum atomic E-state index is -0.0365. The Hall–Kier alpha value is -1.98. The predicted molar refractivity (Wildman–Crippen MR) is 105 cm³/mol. The summed E-state index contributed by atoms with van der Waals surface area (Å²) in [5.74, 6) is 0. The lowest BCUT2D eigenvalue weighted by molar-refractivity contribution is 0.199. The Kier molecular flexibility index (Phi) is 5.66. The van der Waals surface area contributed by atoms with E-state index in [0.717, 1.165) is 23.1 Å². The van der Waals surface area contributed by atoms with Crippen molar-refractivity contribution in [2.24, 2.45) is 0 Å². The maximum atomic E-state index is 12.3. The van der Waals surface area contributed by atoms with Crippen molar-refractivity contribution in [1.29, 1.82) is 0 Å². The highest BCUT2D eigenvalue weighted by molar-refractivity contribution is 9.10. The second kappa shape index (κ2) is 7.93. The third kappa shape index (κ3) is 3.99. The fourth-order valence-electron chi connectivity index (χ4n) is 3.10. The van der Waals surface area contributed by atoms with Gasteiger partial charge in [-0.2, -0.15) is 0 Å². The minimum Gasteiger partial charge on any atom is -0.291 e. The first-order valence-electron chi connectivity index (χ1n) is 8.56. The van der Waals surface area contributed by atoms with Crippen LogP contribution in [0.5, 0.6) is 0 Å². The van der Waals surface area contributed by atoms with E-state index in [4.69, 9.17) is 0 Å². The maximum Gasteiger partial charge on any atom is 0.258 e. The van der Waals surface area contributed by atoms with Crippen molar-refractivity contribution in [3.63, 3.8) is 0 Å². The van der Waals surface area contributed by atoms with E-state index >= 15 is 0 Å². The maximum absolute atomic E-state index is 12.3. The summed E-state index contributed by atoms with van der Waals surface area (Å²) in [4.78, 5) is 19.4. The summed E-state index contributed by atoms with van der Waals surface area (Å²) in [7, 11) is 0. The summed E-state index contributed by atoms with van der Waals surface area (Å²) in [6.07, 6.45) is 2.79. The molecule has 3 aromatic rings. The Balaban J connectivity index is 1.92. The van der Waals surface area contributed by atoms with Crippen LogP contribution in [0.4, 0.5) is 0 Å². The molecule has 0 amide bonds. The number of hydrogen-bond acceptors (Lipinski definition) is 3. The Morgan fingerprint density at radius 2 is 1.96 bits per heavy atom. The van der Waals surface area contributed by atoms with E-state index < -0.39 is 0 Å². The number of nitrogens with zero attached hydrogens (tertiary/aromatic N) is 3. The van der Waals surface area contributed by atoms with Crippen LogP contribution in [-0.4, -0.2) is 20.8 Å². The van der Waals surface area contributed by atoms with Gasteiger partial charge in [0.05, 0.1) is 5.69 Å². The van der Waals surface area contributed by atoms with Crippen LogP contribution in [0.25, 0.3) is 5.65 Å². The van der Waals surface area contributed by atoms with Crippen molar-refractivity contribution in [3.05, 3.63) is 80.8 Å². The molecular formula is C20H22BrN3O. The van der Waals surface area contributed by atoms with Crippen LogP contribution < -0.4 is 5.56 Å². The number of pyridine rings is 1. The lowest BCUT2D eigenvalue weighted by Crippen LogP contribution is -2.29. The van der Waals surface area contributed by atoms with Crippen molar-refractivity contribution in [2.45, 2.75) is 32.9 Å². The molecule has 0 bridgehead atoms. The molecular weight excluding hydrogens is 378 g/mol. The highest BCUT2D eigenvalue weighted by Gasteiger charge is 2.18. The molecule has 0 saturated heterocycles. The molecule has 0 N–H and O–H groups in total. The van der Waals surface area contributed by atoms with Crippen molar-refractivity contribution >= 4 is 21.6 Å². The quantitative estimate of drug-likeness (QED) is 0.615. The van der Waals surface area contributed by atoms with Gasteiger partial charge in [0.25, 0.3) is 5.56 Å². The topological polar surface area (TPSA) is 37.6 Å². The van der Waals surface area contributed by atoms with Crippen LogP contribution in [0, 0.1) is 0 Å². The monoisotopic (exact) mass is 399 g/mol. The van der Waals surface area contributed by atoms with E-state index in [0.29, 0.717) is 12.2 Å². The molecule has 0 aliphatic rings. The molecule has 130 valence electrons. The lowest BCUT2D eigenvalue weighted by atomic mass is 10.1. The van der Waals surface area contributed by atoms with E-state index in [1.165, 1.54) is 5.56 Å². The number of aromatic nitrogens is 2. The number of halogens is 1. The van der Waals surface area contributed by atoms with Crippen LogP contribution in [0.15, 0.2) is 64.0 Å². The summed E-state index contributed by atoms with van der Waals surface area (Å²) < 4.78 is 2.68. The summed E-state index contributed by atoms with van der Waals surface area (Å²) in [6, 6.07) is 15.8. The average Bonchev–Trinajstić information content (AvgIpc) is 2.61. The molecule has 0 spiro atoms. The molecule has 0 saturated carbocycles. The Morgan fingerprint density at radius 3 is 2.72 bits per heavy atom. The number of rotatable bonds is 6. The molecule has 0 unspecified atom stereocenters. The molecule has 5 heteroatoms. The van der Waals surface area contributed by atoms with Gasteiger partial charge in [-0.15, -0.1) is 0 Å². The van der Waals surface area contributed by atoms with Crippen molar-refractivity contribution in [3.8, 4) is 0 Å². The van der Waals surface area contributed by atoms with Gasteiger partial charge in [-0.05, 0) is 43.7 Å². The third-order valence-electron chi connectivity index (χ3n) is 4.40. The Morgan fingerprint density at radius 1 is 1.20 bits per heavy atom. The molecule has 1 aromatic carbocycles. The molecule has 1 atom stereocenters. The first-order chi connectivity index (χ1) is 12.1. The van der Waals surface area contributed by atoms with Gasteiger partial charge in [0.15, 0.2) is 0 Å². The molecule has 2 aromatic heterocycles. The SMILES string of the molecule is CCCN(Cc1cc(=O)n2ccccc2n1)[C@H](C)c1ccccc1Br. The second-order valence-corrected chi connectivity index (χ2v) is 7.04. The van der Waals surface area contributed by atoms with Crippen LogP contribution in [0.1, 0.15) is 37.6 Å². The van der Waals surface area contributed by atoms with Crippen LogP contribution >= 0.6 is 15.9 Å². The molecule has 0 radical (unpaired) electrons. The largest absolute Gasteiger partial charge is 0.291 e. The average molecular weight is 400 g/mol. The van der Waals surface area contributed by atoms with Crippen LogP contribution in [0.3, 0.4) is 0 Å². The lowest BCUT2D eigenvalue weighted by Gasteiger charge is -2.29. The first kappa shape index (κ1) is 17.8. The number of hydrogen-bond donors (Lipinski definition) is 0. The van der Waals surface area contributed by atoms with Crippen molar-refractivity contribution in [1.82, 2.24) is 14.3 Å². The van der Waals surface area contributed by atoms with E-state index in [1.807, 2.05) is 24.3 Å². The smallest absolute Gasteiger partial charge is 0.258 e. The molecule has 4 nitrogen and oxygen atoms in total. The van der Waals surface area contributed by atoms with Gasteiger partial charge >= 0.3 is 0 Å². The molecule has 3 rings (SSSR count). The van der Waals surface area contributed by atoms with E-state index in [-0.39, 0.29) is 11.6 Å². The fourth-order valence-corrected chi connectivity index (χ4v) is 3.72. The van der Waals surface area contributed by atoms with Gasteiger partial charge in [-0.25, -0.2) is 4.98 Å². The van der Waals surface area contributed by atoms with E-state index in [9.17, 15) is 4.79 Å². The summed E-state index contributed by atoms with van der Waals surface area (Å²) in [5.41, 5.74) is 2.71. The van der Waals surface area contributed by atoms with Crippen molar-refractivity contribution in [2.75, 3.05) is 6.54 Å². The van der Waals surface area contributed by atoms with Gasteiger partial charge in [0.2, 0.25) is 0 Å². The zero-order valence-corrected chi connectivity index (χ0v) is 16.1. The van der Waals surface area contributed by atoms with Crippen molar-refractivity contribution < 1.29 is 0 Å². The normalized spacial score (nSPS) is 12.6. The Labute approximate surface area is 156 Å². The Bertz CT molecular complexity index is 922. The van der Waals surface area contributed by atoms with Gasteiger partial charge in [-0.3, -0.25) is 14.1 Å². The highest BCUT2D eigenvalue weighted by Crippen LogP contribution is 2.28. The van der Waals surface area contributed by atoms with Gasteiger partial charge in [-0.1, -0.05) is 47.1 Å². The van der Waals surface area contributed by atoms with Gasteiger partial charge in [0.1, 0.15) is 5.65 Å². The second-order valence-electron chi connectivity index (χ2n) is 6.18. The van der Waals surface area contributed by atoms with E-state index in [2.05, 4.69) is 57.9 Å². The predicted octanol–water partition coefficient (Wildman–Crippen LogP) is 4.43. The zero-order valence-electron chi connectivity index (χ0n) is 14.5. The standard InChI is InChI=1S/C20H22BrN3O/c1-3-11-23(15(2)17-8-4-5-9-18(17)21)14-16-13-20(25)24-12-7-6-10-19(24)22-16/h4-10,12-13,15H,3,11,14H2,1-2H3/t15-/m1/s1. The van der Waals surface area contributed by atoms with Gasteiger partial charge in [0, 0.05) is 29.3 Å². The van der Waals surface area contributed by atoms with Gasteiger partial charge < -0.3 is 0 Å². The molecule has 25 heavy (non-hydrogen) atoms. The zero-order chi connectivity index (χ0) is 17.8. The summed E-state index contributed by atoms with van der Waals surface area (Å²) >= 11 is 3.65. The summed E-state index contributed by atoms with van der Waals surface area (Å²) in [5, 5.41) is 0. The number of fused-ring (bicyclic) bond motifs is 1. The minimum absolute atomic E-state index is 0.0365. The molecule has 2 heterocycles. The molecule has 0 aliphatic heterocycles. The van der Waals surface area contributed by atoms with Crippen LogP contribution in [0.2, 0.25) is 0 Å². The third-order valence-corrected chi connectivity index (χ3v) is 5.13. The fraction of sp³-hybridized carbons (Fsp3) is 0.300. The summed E-state index contributed by atoms with van der Waals surface area (Å²) in [6.45, 7) is 5.96. The molecule has 0 fully saturated rings. The number of benzene rings is 1. The van der Waals surface area contributed by atoms with Crippen LogP contribution in [-0.2, 0) is 6.54 Å². The molecule has 0 aliphatic carbocycles. The first-order valence-corrected chi connectivity index (χ1v) is 9.35. The highest BCUT2D eigenvalue weighted by atomic mass is 79.9. The van der Waals surface area contributed by atoms with E-state index in [1.54, 1.807) is 16.7 Å².